The van der Waals surface area contributed by atoms with Gasteiger partial charge in [0.2, 0.25) is 0 Å². The van der Waals surface area contributed by atoms with E-state index in [1.54, 1.807) is 6.07 Å². The van der Waals surface area contributed by atoms with Crippen molar-refractivity contribution in [3.05, 3.63) is 63.2 Å². The fourth-order valence-electron chi connectivity index (χ4n) is 3.01. The minimum Gasteiger partial charge on any atom is -0.373 e. The maximum Gasteiger partial charge on any atom is 0.292 e. The lowest BCUT2D eigenvalue weighted by Gasteiger charge is -2.30. The quantitative estimate of drug-likeness (QED) is 0.626. The first-order valence-electron chi connectivity index (χ1n) is 8.31. The average molecular weight is 361 g/mol. The smallest absolute Gasteiger partial charge is 0.292 e. The van der Waals surface area contributed by atoms with Gasteiger partial charge in [0.1, 0.15) is 5.69 Å². The first kappa shape index (κ1) is 17.5. The Morgan fingerprint density at radius 1 is 1.24 bits per heavy atom. The highest BCUT2D eigenvalue weighted by molar-refractivity contribution is 6.30. The van der Waals surface area contributed by atoms with Crippen LogP contribution in [0.25, 0.3) is 0 Å². The monoisotopic (exact) mass is 360 g/mol. The molecule has 0 radical (unpaired) electrons. The Morgan fingerprint density at radius 3 is 2.68 bits per heavy atom. The molecule has 25 heavy (non-hydrogen) atoms. The summed E-state index contributed by atoms with van der Waals surface area (Å²) >= 11 is 6.05. The maximum absolute atomic E-state index is 11.4. The Bertz CT molecular complexity index is 762. The molecule has 1 aliphatic rings. The lowest BCUT2D eigenvalue weighted by Crippen LogP contribution is -2.43. The third-order valence-corrected chi connectivity index (χ3v) is 4.61. The van der Waals surface area contributed by atoms with E-state index in [1.807, 2.05) is 43.3 Å². The van der Waals surface area contributed by atoms with Gasteiger partial charge in [-0.05, 0) is 36.8 Å². The van der Waals surface area contributed by atoms with Crippen molar-refractivity contribution in [2.24, 2.45) is 0 Å². The highest BCUT2D eigenvalue weighted by atomic mass is 35.5. The van der Waals surface area contributed by atoms with E-state index in [0.717, 1.165) is 37.4 Å². The molecule has 1 fully saturated rings. The molecule has 1 aliphatic heterocycles. The number of piperazine rings is 1. The van der Waals surface area contributed by atoms with E-state index in [9.17, 15) is 10.1 Å². The van der Waals surface area contributed by atoms with Crippen molar-refractivity contribution < 1.29 is 4.92 Å². The number of nitro groups is 1. The Labute approximate surface area is 151 Å². The minimum absolute atomic E-state index is 0.0766. The molecule has 1 heterocycles. The molecule has 6 nitrogen and oxygen atoms in total. The summed E-state index contributed by atoms with van der Waals surface area (Å²) in [5.74, 6) is 0. The Morgan fingerprint density at radius 2 is 2.00 bits per heavy atom. The number of rotatable bonds is 5. The third-order valence-electron chi connectivity index (χ3n) is 4.38. The van der Waals surface area contributed by atoms with Crippen LogP contribution in [0.2, 0.25) is 5.02 Å². The van der Waals surface area contributed by atoms with Gasteiger partial charge in [-0.3, -0.25) is 10.1 Å². The number of anilines is 2. The van der Waals surface area contributed by atoms with E-state index in [2.05, 4.69) is 15.5 Å². The Balaban J connectivity index is 1.88. The fourth-order valence-corrected chi connectivity index (χ4v) is 3.21. The molecule has 0 aliphatic carbocycles. The molecule has 2 aromatic rings. The molecule has 2 N–H and O–H groups in total. The summed E-state index contributed by atoms with van der Waals surface area (Å²) in [6.07, 6.45) is 0. The maximum atomic E-state index is 11.4. The van der Waals surface area contributed by atoms with Crippen LogP contribution in [-0.4, -0.2) is 31.1 Å². The predicted molar refractivity (Wildman–Crippen MR) is 102 cm³/mol. The summed E-state index contributed by atoms with van der Waals surface area (Å²) in [5.41, 5.74) is 2.57. The Kier molecular flexibility index (Phi) is 5.40. The molecule has 1 atom stereocenters. The standard InChI is InChI=1S/C18H21ClN4O2/c1-13(14-3-2-4-15(19)11-14)21-17-12-16(5-6-18(17)23(24)25)22-9-7-20-8-10-22/h2-6,11-13,20-21H,7-10H2,1H3. The van der Waals surface area contributed by atoms with E-state index in [4.69, 9.17) is 11.6 Å². The second kappa shape index (κ2) is 7.72. The van der Waals surface area contributed by atoms with Gasteiger partial charge in [-0.25, -0.2) is 0 Å². The van der Waals surface area contributed by atoms with Gasteiger partial charge in [-0.15, -0.1) is 0 Å². The number of hydrogen-bond acceptors (Lipinski definition) is 5. The van der Waals surface area contributed by atoms with Crippen molar-refractivity contribution in [3.63, 3.8) is 0 Å². The van der Waals surface area contributed by atoms with Crippen LogP contribution >= 0.6 is 11.6 Å². The molecule has 0 amide bonds. The topological polar surface area (TPSA) is 70.4 Å². The number of halogens is 1. The van der Waals surface area contributed by atoms with Gasteiger partial charge in [0.15, 0.2) is 0 Å². The van der Waals surface area contributed by atoms with Crippen LogP contribution in [0.15, 0.2) is 42.5 Å². The van der Waals surface area contributed by atoms with Crippen molar-refractivity contribution in [3.8, 4) is 0 Å². The number of hydrogen-bond donors (Lipinski definition) is 2. The van der Waals surface area contributed by atoms with E-state index >= 15 is 0 Å². The third kappa shape index (κ3) is 4.21. The molecular weight excluding hydrogens is 340 g/mol. The van der Waals surface area contributed by atoms with E-state index < -0.39 is 0 Å². The van der Waals surface area contributed by atoms with E-state index in [-0.39, 0.29) is 16.7 Å². The highest BCUT2D eigenvalue weighted by Gasteiger charge is 2.19. The fraction of sp³-hybridized carbons (Fsp3) is 0.333. The number of benzene rings is 2. The van der Waals surface area contributed by atoms with Gasteiger partial charge in [-0.2, -0.15) is 0 Å². The molecule has 1 saturated heterocycles. The van der Waals surface area contributed by atoms with E-state index in [1.165, 1.54) is 0 Å². The number of nitro benzene ring substituents is 1. The first-order valence-corrected chi connectivity index (χ1v) is 8.68. The summed E-state index contributed by atoms with van der Waals surface area (Å²) in [4.78, 5) is 13.3. The number of nitrogens with one attached hydrogen (secondary N) is 2. The molecule has 0 saturated carbocycles. The van der Waals surface area contributed by atoms with Crippen molar-refractivity contribution in [1.29, 1.82) is 0 Å². The zero-order chi connectivity index (χ0) is 17.8. The van der Waals surface area contributed by atoms with Crippen LogP contribution in [0.5, 0.6) is 0 Å². The molecule has 2 aromatic carbocycles. The Hall–Kier alpha value is -2.31. The van der Waals surface area contributed by atoms with Crippen LogP contribution in [0.4, 0.5) is 17.1 Å². The van der Waals surface area contributed by atoms with Crippen LogP contribution in [0.1, 0.15) is 18.5 Å². The van der Waals surface area contributed by atoms with Crippen LogP contribution in [0, 0.1) is 10.1 Å². The van der Waals surface area contributed by atoms with Crippen molar-refractivity contribution in [2.75, 3.05) is 36.4 Å². The average Bonchev–Trinajstić information content (AvgIpc) is 2.62. The summed E-state index contributed by atoms with van der Waals surface area (Å²) in [5, 5.41) is 18.6. The van der Waals surface area contributed by atoms with Crippen molar-refractivity contribution in [1.82, 2.24) is 5.32 Å². The summed E-state index contributed by atoms with van der Waals surface area (Å²) in [6, 6.07) is 12.7. The lowest BCUT2D eigenvalue weighted by atomic mass is 10.1. The lowest BCUT2D eigenvalue weighted by molar-refractivity contribution is -0.384. The van der Waals surface area contributed by atoms with Crippen LogP contribution < -0.4 is 15.5 Å². The highest BCUT2D eigenvalue weighted by Crippen LogP contribution is 2.32. The molecule has 0 bridgehead atoms. The van der Waals surface area contributed by atoms with Gasteiger partial charge >= 0.3 is 0 Å². The molecule has 3 rings (SSSR count). The normalized spacial score (nSPS) is 15.7. The SMILES string of the molecule is CC(Nc1cc(N2CCNCC2)ccc1[N+](=O)[O-])c1cccc(Cl)c1. The summed E-state index contributed by atoms with van der Waals surface area (Å²) in [6.45, 7) is 5.58. The zero-order valence-corrected chi connectivity index (χ0v) is 14.8. The van der Waals surface area contributed by atoms with Crippen LogP contribution in [0.3, 0.4) is 0 Å². The van der Waals surface area contributed by atoms with Crippen molar-refractivity contribution in [2.45, 2.75) is 13.0 Å². The molecule has 1 unspecified atom stereocenters. The minimum atomic E-state index is -0.353. The second-order valence-electron chi connectivity index (χ2n) is 6.12. The summed E-state index contributed by atoms with van der Waals surface area (Å²) < 4.78 is 0. The largest absolute Gasteiger partial charge is 0.373 e. The molecule has 7 heteroatoms. The van der Waals surface area contributed by atoms with Gasteiger partial charge in [-0.1, -0.05) is 23.7 Å². The predicted octanol–water partition coefficient (Wildman–Crippen LogP) is 3.83. The molecular formula is C18H21ClN4O2. The van der Waals surface area contributed by atoms with Gasteiger partial charge in [0.05, 0.1) is 4.92 Å². The molecule has 0 spiro atoms. The van der Waals surface area contributed by atoms with Crippen molar-refractivity contribution >= 4 is 28.7 Å². The molecule has 132 valence electrons. The van der Waals surface area contributed by atoms with E-state index in [0.29, 0.717) is 10.7 Å². The zero-order valence-electron chi connectivity index (χ0n) is 14.0. The first-order chi connectivity index (χ1) is 12.0. The van der Waals surface area contributed by atoms with Gasteiger partial charge < -0.3 is 15.5 Å². The van der Waals surface area contributed by atoms with Crippen LogP contribution in [-0.2, 0) is 0 Å². The second-order valence-corrected chi connectivity index (χ2v) is 6.55. The van der Waals surface area contributed by atoms with Gasteiger partial charge in [0.25, 0.3) is 5.69 Å². The number of nitrogens with zero attached hydrogens (tertiary/aromatic N) is 2. The molecule has 0 aromatic heterocycles. The van der Waals surface area contributed by atoms with Gasteiger partial charge in [0, 0.05) is 49.0 Å². The summed E-state index contributed by atoms with van der Waals surface area (Å²) in [7, 11) is 0.